The third-order valence-corrected chi connectivity index (χ3v) is 3.34. The van der Waals surface area contributed by atoms with Crippen molar-refractivity contribution >= 4 is 5.97 Å². The summed E-state index contributed by atoms with van der Waals surface area (Å²) in [5, 5.41) is 8.69. The van der Waals surface area contributed by atoms with E-state index in [-0.39, 0.29) is 6.42 Å². The van der Waals surface area contributed by atoms with Crippen LogP contribution < -0.4 is 0 Å². The third-order valence-electron chi connectivity index (χ3n) is 3.34. The molecule has 20 heavy (non-hydrogen) atoms. The standard InChI is InChI=1S/C18H20O2/c1-13-9-14(2)11-17(10-13)16-7-3-5-15(12-16)6-4-8-18(19)20/h3,5,7,9-12H,4,6,8H2,1-2H3,(H,19,20). The van der Waals surface area contributed by atoms with E-state index in [0.29, 0.717) is 6.42 Å². The SMILES string of the molecule is Cc1cc(C)cc(-c2cccc(CCCC(=O)O)c2)c1. The Bertz CT molecular complexity index is 594. The minimum atomic E-state index is -0.726. The normalized spacial score (nSPS) is 10.5. The minimum Gasteiger partial charge on any atom is -0.481 e. The first kappa shape index (κ1) is 14.3. The molecule has 0 aliphatic carbocycles. The van der Waals surface area contributed by atoms with Gasteiger partial charge in [-0.2, -0.15) is 0 Å². The molecule has 0 saturated heterocycles. The Hall–Kier alpha value is -2.09. The highest BCUT2D eigenvalue weighted by Gasteiger charge is 2.03. The van der Waals surface area contributed by atoms with Crippen LogP contribution in [0.4, 0.5) is 0 Å². The predicted octanol–water partition coefficient (Wildman–Crippen LogP) is 4.38. The van der Waals surface area contributed by atoms with Gasteiger partial charge in [0.2, 0.25) is 0 Å². The van der Waals surface area contributed by atoms with Crippen molar-refractivity contribution in [2.24, 2.45) is 0 Å². The summed E-state index contributed by atoms with van der Waals surface area (Å²) in [6.07, 6.45) is 1.73. The van der Waals surface area contributed by atoms with E-state index in [1.54, 1.807) is 0 Å². The van der Waals surface area contributed by atoms with E-state index in [9.17, 15) is 4.79 Å². The van der Waals surface area contributed by atoms with E-state index in [4.69, 9.17) is 5.11 Å². The zero-order valence-electron chi connectivity index (χ0n) is 12.0. The molecular weight excluding hydrogens is 248 g/mol. The van der Waals surface area contributed by atoms with Crippen molar-refractivity contribution in [1.82, 2.24) is 0 Å². The van der Waals surface area contributed by atoms with Gasteiger partial charge in [0.25, 0.3) is 0 Å². The maximum Gasteiger partial charge on any atom is 0.303 e. The molecule has 2 rings (SSSR count). The number of carboxylic acids is 1. The second kappa shape index (κ2) is 6.38. The van der Waals surface area contributed by atoms with Crippen LogP contribution in [0.15, 0.2) is 42.5 Å². The molecule has 2 heteroatoms. The Morgan fingerprint density at radius 3 is 2.35 bits per heavy atom. The zero-order chi connectivity index (χ0) is 14.5. The first-order chi connectivity index (χ1) is 9.54. The average Bonchev–Trinajstić information content (AvgIpc) is 2.37. The second-order valence-electron chi connectivity index (χ2n) is 5.32. The van der Waals surface area contributed by atoms with E-state index < -0.39 is 5.97 Å². The van der Waals surface area contributed by atoms with Crippen molar-refractivity contribution in [2.75, 3.05) is 0 Å². The number of carboxylic acid groups (broad SMARTS) is 1. The van der Waals surface area contributed by atoms with Crippen LogP contribution in [0.3, 0.4) is 0 Å². The van der Waals surface area contributed by atoms with Crippen molar-refractivity contribution in [2.45, 2.75) is 33.1 Å². The van der Waals surface area contributed by atoms with Crippen molar-refractivity contribution in [1.29, 1.82) is 0 Å². The van der Waals surface area contributed by atoms with Gasteiger partial charge in [-0.1, -0.05) is 53.6 Å². The van der Waals surface area contributed by atoms with Crippen LogP contribution in [-0.2, 0) is 11.2 Å². The summed E-state index contributed by atoms with van der Waals surface area (Å²) < 4.78 is 0. The molecular formula is C18H20O2. The number of hydrogen-bond acceptors (Lipinski definition) is 1. The minimum absolute atomic E-state index is 0.230. The molecule has 0 aliphatic rings. The number of hydrogen-bond donors (Lipinski definition) is 1. The lowest BCUT2D eigenvalue weighted by atomic mass is 9.98. The Morgan fingerprint density at radius 1 is 1.00 bits per heavy atom. The van der Waals surface area contributed by atoms with Crippen LogP contribution in [0, 0.1) is 13.8 Å². The molecule has 1 N–H and O–H groups in total. The molecule has 0 spiro atoms. The van der Waals surface area contributed by atoms with Crippen molar-refractivity contribution in [3.05, 3.63) is 59.2 Å². The Balaban J connectivity index is 2.18. The van der Waals surface area contributed by atoms with Crippen LogP contribution in [0.2, 0.25) is 0 Å². The molecule has 0 fully saturated rings. The monoisotopic (exact) mass is 268 g/mol. The fraction of sp³-hybridized carbons (Fsp3) is 0.278. The van der Waals surface area contributed by atoms with E-state index in [1.807, 2.05) is 6.07 Å². The van der Waals surface area contributed by atoms with Gasteiger partial charge < -0.3 is 5.11 Å². The van der Waals surface area contributed by atoms with Gasteiger partial charge in [0.15, 0.2) is 0 Å². The van der Waals surface area contributed by atoms with Gasteiger partial charge in [-0.3, -0.25) is 4.79 Å². The topological polar surface area (TPSA) is 37.3 Å². The van der Waals surface area contributed by atoms with Gasteiger partial charge in [0, 0.05) is 6.42 Å². The molecule has 0 heterocycles. The summed E-state index contributed by atoms with van der Waals surface area (Å²) in [4.78, 5) is 10.6. The van der Waals surface area contributed by atoms with Gasteiger partial charge in [-0.15, -0.1) is 0 Å². The van der Waals surface area contributed by atoms with Crippen molar-refractivity contribution < 1.29 is 9.90 Å². The van der Waals surface area contributed by atoms with E-state index in [2.05, 4.69) is 50.2 Å². The van der Waals surface area contributed by atoms with Crippen molar-refractivity contribution in [3.8, 4) is 11.1 Å². The fourth-order valence-electron chi connectivity index (χ4n) is 2.49. The fourth-order valence-corrected chi connectivity index (χ4v) is 2.49. The van der Waals surface area contributed by atoms with Gasteiger partial charge in [-0.25, -0.2) is 0 Å². The lowest BCUT2D eigenvalue weighted by molar-refractivity contribution is -0.137. The summed E-state index contributed by atoms with van der Waals surface area (Å²) in [7, 11) is 0. The van der Waals surface area contributed by atoms with Gasteiger partial charge in [0.1, 0.15) is 0 Å². The lowest BCUT2D eigenvalue weighted by Gasteiger charge is -2.07. The summed E-state index contributed by atoms with van der Waals surface area (Å²) in [5.41, 5.74) is 6.14. The first-order valence-electron chi connectivity index (χ1n) is 6.94. The first-order valence-corrected chi connectivity index (χ1v) is 6.94. The van der Waals surface area contributed by atoms with E-state index in [0.717, 1.165) is 6.42 Å². The Morgan fingerprint density at radius 2 is 1.70 bits per heavy atom. The van der Waals surface area contributed by atoms with E-state index in [1.165, 1.54) is 27.8 Å². The van der Waals surface area contributed by atoms with Gasteiger partial charge >= 0.3 is 5.97 Å². The highest BCUT2D eigenvalue weighted by Crippen LogP contribution is 2.23. The van der Waals surface area contributed by atoms with Crippen LogP contribution >= 0.6 is 0 Å². The number of rotatable bonds is 5. The average molecular weight is 268 g/mol. The summed E-state index contributed by atoms with van der Waals surface area (Å²) in [6.45, 7) is 4.21. The molecule has 0 atom stereocenters. The quantitative estimate of drug-likeness (QED) is 0.873. The number of benzene rings is 2. The molecule has 2 aromatic rings. The molecule has 0 saturated carbocycles. The van der Waals surface area contributed by atoms with Crippen LogP contribution in [-0.4, -0.2) is 11.1 Å². The van der Waals surface area contributed by atoms with Crippen LogP contribution in [0.1, 0.15) is 29.5 Å². The molecule has 2 aromatic carbocycles. The van der Waals surface area contributed by atoms with E-state index >= 15 is 0 Å². The van der Waals surface area contributed by atoms with Crippen molar-refractivity contribution in [3.63, 3.8) is 0 Å². The summed E-state index contributed by atoms with van der Waals surface area (Å²) in [5.74, 6) is -0.726. The highest BCUT2D eigenvalue weighted by molar-refractivity contribution is 5.67. The largest absolute Gasteiger partial charge is 0.481 e. The maximum atomic E-state index is 10.6. The third kappa shape index (κ3) is 3.95. The highest BCUT2D eigenvalue weighted by atomic mass is 16.4. The molecule has 0 aromatic heterocycles. The molecule has 2 nitrogen and oxygen atoms in total. The molecule has 104 valence electrons. The van der Waals surface area contributed by atoms with Gasteiger partial charge in [0.05, 0.1) is 0 Å². The molecule has 0 amide bonds. The predicted molar refractivity (Wildman–Crippen MR) is 81.9 cm³/mol. The molecule has 0 unspecified atom stereocenters. The summed E-state index contributed by atoms with van der Waals surface area (Å²) >= 11 is 0. The maximum absolute atomic E-state index is 10.6. The second-order valence-corrected chi connectivity index (χ2v) is 5.32. The molecule has 0 radical (unpaired) electrons. The number of aryl methyl sites for hydroxylation is 3. The Labute approximate surface area is 120 Å². The van der Waals surface area contributed by atoms with Crippen LogP contribution in [0.5, 0.6) is 0 Å². The van der Waals surface area contributed by atoms with Gasteiger partial charge in [-0.05, 0) is 43.4 Å². The molecule has 0 aliphatic heterocycles. The molecule has 0 bridgehead atoms. The smallest absolute Gasteiger partial charge is 0.303 e. The summed E-state index contributed by atoms with van der Waals surface area (Å²) in [6, 6.07) is 14.9. The van der Waals surface area contributed by atoms with Crippen LogP contribution in [0.25, 0.3) is 11.1 Å². The number of aliphatic carboxylic acids is 1. The lowest BCUT2D eigenvalue weighted by Crippen LogP contribution is -1.96. The number of carbonyl (C=O) groups is 1. The zero-order valence-corrected chi connectivity index (χ0v) is 12.0. The Kier molecular flexibility index (Phi) is 4.57.